The molecular weight excluding hydrogens is 360 g/mol. The second kappa shape index (κ2) is 9.42. The molecule has 2 saturated heterocycles. The van der Waals surface area contributed by atoms with E-state index in [1.807, 2.05) is 17.0 Å². The van der Waals surface area contributed by atoms with Crippen molar-refractivity contribution in [3.8, 4) is 0 Å². The largest absolute Gasteiger partial charge is 0.369 e. The molecule has 0 unspecified atom stereocenters. The summed E-state index contributed by atoms with van der Waals surface area (Å²) in [6.45, 7) is 12.0. The molecule has 0 atom stereocenters. The summed E-state index contributed by atoms with van der Waals surface area (Å²) in [6, 6.07) is 18.9. The first-order valence-corrected chi connectivity index (χ1v) is 10.9. The van der Waals surface area contributed by atoms with Crippen LogP contribution in [-0.4, -0.2) is 79.5 Å². The second-order valence-electron chi connectivity index (χ2n) is 8.03. The number of hydrogen-bond donors (Lipinski definition) is 0. The van der Waals surface area contributed by atoms with Crippen molar-refractivity contribution in [3.05, 3.63) is 65.7 Å². The van der Waals surface area contributed by atoms with E-state index in [-0.39, 0.29) is 5.91 Å². The minimum atomic E-state index is 0.177. The number of carbonyl (C=O) groups is 1. The molecule has 0 radical (unpaired) electrons. The quantitative estimate of drug-likeness (QED) is 0.783. The SMILES string of the molecule is CCN1CCN(C(=O)c2cccc(CN3CCN(c4ccccc4)CC3)c2)CC1. The van der Waals surface area contributed by atoms with Crippen molar-refractivity contribution in [1.29, 1.82) is 0 Å². The Labute approximate surface area is 174 Å². The fraction of sp³-hybridized carbons (Fsp3) is 0.458. The molecule has 29 heavy (non-hydrogen) atoms. The van der Waals surface area contributed by atoms with Crippen molar-refractivity contribution in [3.63, 3.8) is 0 Å². The molecule has 2 aromatic rings. The number of nitrogens with zero attached hydrogens (tertiary/aromatic N) is 4. The molecule has 1 amide bonds. The van der Waals surface area contributed by atoms with Gasteiger partial charge in [0.1, 0.15) is 0 Å². The van der Waals surface area contributed by atoms with Gasteiger partial charge in [0.2, 0.25) is 0 Å². The first-order chi connectivity index (χ1) is 14.2. The summed E-state index contributed by atoms with van der Waals surface area (Å²) in [5.74, 6) is 0.177. The lowest BCUT2D eigenvalue weighted by atomic mass is 10.1. The van der Waals surface area contributed by atoms with Gasteiger partial charge in [0.05, 0.1) is 0 Å². The third kappa shape index (κ3) is 4.98. The van der Waals surface area contributed by atoms with Crippen LogP contribution < -0.4 is 4.90 Å². The number of anilines is 1. The molecule has 0 aliphatic carbocycles. The Morgan fingerprint density at radius 2 is 1.48 bits per heavy atom. The van der Waals surface area contributed by atoms with Crippen LogP contribution in [0.3, 0.4) is 0 Å². The van der Waals surface area contributed by atoms with Crippen LogP contribution in [0.4, 0.5) is 5.69 Å². The van der Waals surface area contributed by atoms with Crippen LogP contribution in [0, 0.1) is 0 Å². The zero-order valence-electron chi connectivity index (χ0n) is 17.5. The lowest BCUT2D eigenvalue weighted by Crippen LogP contribution is -2.48. The summed E-state index contributed by atoms with van der Waals surface area (Å²) >= 11 is 0. The number of hydrogen-bond acceptors (Lipinski definition) is 4. The third-order valence-corrected chi connectivity index (χ3v) is 6.18. The van der Waals surface area contributed by atoms with E-state index in [4.69, 9.17) is 0 Å². The maximum Gasteiger partial charge on any atom is 0.253 e. The van der Waals surface area contributed by atoms with Crippen molar-refractivity contribution >= 4 is 11.6 Å². The monoisotopic (exact) mass is 392 g/mol. The van der Waals surface area contributed by atoms with Gasteiger partial charge in [-0.15, -0.1) is 0 Å². The van der Waals surface area contributed by atoms with E-state index < -0.39 is 0 Å². The summed E-state index contributed by atoms with van der Waals surface area (Å²) in [6.07, 6.45) is 0. The van der Waals surface area contributed by atoms with E-state index in [1.165, 1.54) is 11.3 Å². The zero-order valence-corrected chi connectivity index (χ0v) is 17.5. The molecule has 5 heteroatoms. The van der Waals surface area contributed by atoms with Gasteiger partial charge in [-0.2, -0.15) is 0 Å². The summed E-state index contributed by atoms with van der Waals surface area (Å²) in [5.41, 5.74) is 3.37. The second-order valence-corrected chi connectivity index (χ2v) is 8.03. The summed E-state index contributed by atoms with van der Waals surface area (Å²) < 4.78 is 0. The lowest BCUT2D eigenvalue weighted by molar-refractivity contribution is 0.0643. The van der Waals surface area contributed by atoms with Crippen LogP contribution in [0.1, 0.15) is 22.8 Å². The van der Waals surface area contributed by atoms with Crippen molar-refractivity contribution in [2.45, 2.75) is 13.5 Å². The highest BCUT2D eigenvalue weighted by Gasteiger charge is 2.22. The number of benzene rings is 2. The van der Waals surface area contributed by atoms with E-state index in [1.54, 1.807) is 0 Å². The molecule has 0 N–H and O–H groups in total. The third-order valence-electron chi connectivity index (χ3n) is 6.18. The van der Waals surface area contributed by atoms with Crippen molar-refractivity contribution in [2.75, 3.05) is 63.8 Å². The summed E-state index contributed by atoms with van der Waals surface area (Å²) in [5, 5.41) is 0. The first-order valence-electron chi connectivity index (χ1n) is 10.9. The van der Waals surface area contributed by atoms with Crippen molar-refractivity contribution < 1.29 is 4.79 Å². The van der Waals surface area contributed by atoms with Gasteiger partial charge < -0.3 is 14.7 Å². The van der Waals surface area contributed by atoms with Crippen LogP contribution in [0.15, 0.2) is 54.6 Å². The van der Waals surface area contributed by atoms with Gasteiger partial charge in [-0.25, -0.2) is 0 Å². The molecule has 0 saturated carbocycles. The number of piperazine rings is 2. The predicted molar refractivity (Wildman–Crippen MR) is 118 cm³/mol. The molecule has 0 aromatic heterocycles. The first kappa shape index (κ1) is 19.9. The predicted octanol–water partition coefficient (Wildman–Crippen LogP) is 2.79. The molecule has 2 heterocycles. The fourth-order valence-electron chi connectivity index (χ4n) is 4.31. The van der Waals surface area contributed by atoms with Crippen molar-refractivity contribution in [1.82, 2.24) is 14.7 Å². The lowest BCUT2D eigenvalue weighted by Gasteiger charge is -2.36. The van der Waals surface area contributed by atoms with Gasteiger partial charge in [0.25, 0.3) is 5.91 Å². The number of para-hydroxylation sites is 1. The molecule has 0 spiro atoms. The Morgan fingerprint density at radius 3 is 2.17 bits per heavy atom. The van der Waals surface area contributed by atoms with E-state index in [9.17, 15) is 4.79 Å². The highest BCUT2D eigenvalue weighted by atomic mass is 16.2. The van der Waals surface area contributed by atoms with E-state index in [2.05, 4.69) is 64.1 Å². The molecule has 0 bridgehead atoms. The molecular formula is C24H32N4O. The molecule has 2 aliphatic heterocycles. The van der Waals surface area contributed by atoms with Gasteiger partial charge in [-0.1, -0.05) is 37.3 Å². The highest BCUT2D eigenvalue weighted by Crippen LogP contribution is 2.18. The van der Waals surface area contributed by atoms with Crippen LogP contribution in [-0.2, 0) is 6.54 Å². The Balaban J connectivity index is 1.32. The zero-order chi connectivity index (χ0) is 20.1. The Morgan fingerprint density at radius 1 is 0.793 bits per heavy atom. The van der Waals surface area contributed by atoms with E-state index >= 15 is 0 Å². The van der Waals surface area contributed by atoms with Crippen LogP contribution in [0.25, 0.3) is 0 Å². The average molecular weight is 393 g/mol. The van der Waals surface area contributed by atoms with Gasteiger partial charge in [-0.3, -0.25) is 9.69 Å². The summed E-state index contributed by atoms with van der Waals surface area (Å²) in [7, 11) is 0. The summed E-state index contributed by atoms with van der Waals surface area (Å²) in [4.78, 5) is 22.3. The van der Waals surface area contributed by atoms with Gasteiger partial charge in [-0.05, 0) is 36.4 Å². The van der Waals surface area contributed by atoms with Crippen LogP contribution in [0.2, 0.25) is 0 Å². The number of carbonyl (C=O) groups excluding carboxylic acids is 1. The van der Waals surface area contributed by atoms with Crippen LogP contribution >= 0.6 is 0 Å². The molecule has 2 aromatic carbocycles. The Hall–Kier alpha value is -2.37. The van der Waals surface area contributed by atoms with Gasteiger partial charge in [0, 0.05) is 70.2 Å². The molecule has 2 aliphatic rings. The van der Waals surface area contributed by atoms with E-state index in [0.717, 1.165) is 71.0 Å². The number of rotatable bonds is 5. The minimum absolute atomic E-state index is 0.177. The maximum absolute atomic E-state index is 12.9. The minimum Gasteiger partial charge on any atom is -0.369 e. The average Bonchev–Trinajstić information content (AvgIpc) is 2.80. The Kier molecular flexibility index (Phi) is 6.47. The van der Waals surface area contributed by atoms with Crippen molar-refractivity contribution in [2.24, 2.45) is 0 Å². The normalized spacial score (nSPS) is 18.8. The molecule has 4 rings (SSSR count). The van der Waals surface area contributed by atoms with Gasteiger partial charge in [0.15, 0.2) is 0 Å². The highest BCUT2D eigenvalue weighted by molar-refractivity contribution is 5.94. The maximum atomic E-state index is 12.9. The molecule has 5 nitrogen and oxygen atoms in total. The standard InChI is InChI=1S/C24H32N4O/c1-2-25-11-17-28(18-12-25)24(29)22-8-6-7-21(19-22)20-26-13-15-27(16-14-26)23-9-4-3-5-10-23/h3-10,19H,2,11-18,20H2,1H3. The number of amides is 1. The van der Waals surface area contributed by atoms with Crippen LogP contribution in [0.5, 0.6) is 0 Å². The fourth-order valence-corrected chi connectivity index (χ4v) is 4.31. The van der Waals surface area contributed by atoms with Gasteiger partial charge >= 0.3 is 0 Å². The number of likely N-dealkylation sites (N-methyl/N-ethyl adjacent to an activating group) is 1. The topological polar surface area (TPSA) is 30.0 Å². The molecule has 154 valence electrons. The molecule has 2 fully saturated rings. The van der Waals surface area contributed by atoms with E-state index in [0.29, 0.717) is 0 Å². The Bertz CT molecular complexity index is 794. The smallest absolute Gasteiger partial charge is 0.253 e.